The van der Waals surface area contributed by atoms with Gasteiger partial charge in [0, 0.05) is 31.9 Å². The summed E-state index contributed by atoms with van der Waals surface area (Å²) >= 11 is 0. The molecule has 23 heavy (non-hydrogen) atoms. The summed E-state index contributed by atoms with van der Waals surface area (Å²) in [5.41, 5.74) is 2.21. The minimum absolute atomic E-state index is 0.507. The van der Waals surface area contributed by atoms with Crippen LogP contribution in [0.15, 0.2) is 42.5 Å². The molecule has 120 valence electrons. The topological polar surface area (TPSA) is 68.7 Å². The van der Waals surface area contributed by atoms with E-state index in [2.05, 4.69) is 34.3 Å². The quantitative estimate of drug-likeness (QED) is 0.912. The molecule has 0 atom stereocenters. The molecule has 0 aliphatic carbocycles. The molecule has 6 nitrogen and oxygen atoms in total. The average molecular weight is 312 g/mol. The normalized spacial score (nSPS) is 14.7. The standard InChI is InChI=1S/C17H20N4O2/c1-13-5-7-14(8-6-13)18-15-3-2-4-16(19-15)20-9-11-21(12-10-20)17(22)23/h2-8H,9-12H2,1H3,(H,18,19)(H,22,23). The molecular weight excluding hydrogens is 292 g/mol. The Morgan fingerprint density at radius 1 is 1.09 bits per heavy atom. The molecule has 1 aromatic carbocycles. The van der Waals surface area contributed by atoms with Crippen LogP contribution in [0.25, 0.3) is 0 Å². The lowest BCUT2D eigenvalue weighted by molar-refractivity contribution is 0.142. The predicted molar refractivity (Wildman–Crippen MR) is 90.5 cm³/mol. The van der Waals surface area contributed by atoms with Crippen LogP contribution >= 0.6 is 0 Å². The maximum Gasteiger partial charge on any atom is 0.407 e. The predicted octanol–water partition coefficient (Wildman–Crippen LogP) is 2.93. The third-order valence-corrected chi connectivity index (χ3v) is 3.93. The van der Waals surface area contributed by atoms with Crippen LogP contribution in [0.3, 0.4) is 0 Å². The van der Waals surface area contributed by atoms with Gasteiger partial charge in [0.2, 0.25) is 0 Å². The Morgan fingerprint density at radius 2 is 1.78 bits per heavy atom. The molecule has 1 aliphatic rings. The van der Waals surface area contributed by atoms with Gasteiger partial charge in [0.25, 0.3) is 0 Å². The summed E-state index contributed by atoms with van der Waals surface area (Å²) in [5, 5.41) is 12.3. The van der Waals surface area contributed by atoms with E-state index < -0.39 is 6.09 Å². The van der Waals surface area contributed by atoms with E-state index in [9.17, 15) is 4.79 Å². The third-order valence-electron chi connectivity index (χ3n) is 3.93. The number of amides is 1. The first kappa shape index (κ1) is 15.1. The van der Waals surface area contributed by atoms with Crippen LogP contribution in [-0.4, -0.2) is 47.3 Å². The number of anilines is 3. The van der Waals surface area contributed by atoms with E-state index >= 15 is 0 Å². The summed E-state index contributed by atoms with van der Waals surface area (Å²) in [7, 11) is 0. The maximum absolute atomic E-state index is 11.0. The molecule has 2 N–H and O–H groups in total. The van der Waals surface area contributed by atoms with E-state index in [4.69, 9.17) is 5.11 Å². The Labute approximate surface area is 135 Å². The van der Waals surface area contributed by atoms with Gasteiger partial charge in [0.15, 0.2) is 0 Å². The molecule has 1 saturated heterocycles. The highest BCUT2D eigenvalue weighted by Gasteiger charge is 2.21. The van der Waals surface area contributed by atoms with Crippen molar-refractivity contribution < 1.29 is 9.90 Å². The van der Waals surface area contributed by atoms with Gasteiger partial charge in [0.1, 0.15) is 11.6 Å². The second-order valence-electron chi connectivity index (χ2n) is 5.63. The van der Waals surface area contributed by atoms with Crippen LogP contribution in [0, 0.1) is 6.92 Å². The number of carbonyl (C=O) groups is 1. The molecule has 1 aromatic heterocycles. The molecule has 0 radical (unpaired) electrons. The number of piperazine rings is 1. The zero-order chi connectivity index (χ0) is 16.2. The number of hydrogen-bond acceptors (Lipinski definition) is 4. The van der Waals surface area contributed by atoms with Gasteiger partial charge in [-0.2, -0.15) is 0 Å². The maximum atomic E-state index is 11.0. The minimum atomic E-state index is -0.854. The largest absolute Gasteiger partial charge is 0.465 e. The Morgan fingerprint density at radius 3 is 2.43 bits per heavy atom. The number of pyridine rings is 1. The van der Waals surface area contributed by atoms with E-state index in [0.29, 0.717) is 26.2 Å². The van der Waals surface area contributed by atoms with Crippen molar-refractivity contribution in [2.24, 2.45) is 0 Å². The van der Waals surface area contributed by atoms with E-state index in [-0.39, 0.29) is 0 Å². The number of aryl methyl sites for hydroxylation is 1. The number of rotatable bonds is 3. The van der Waals surface area contributed by atoms with Gasteiger partial charge in [-0.1, -0.05) is 23.8 Å². The van der Waals surface area contributed by atoms with Gasteiger partial charge in [0.05, 0.1) is 0 Å². The first-order chi connectivity index (χ1) is 11.1. The Bertz CT molecular complexity index is 679. The third kappa shape index (κ3) is 3.71. The molecule has 0 unspecified atom stereocenters. The van der Waals surface area contributed by atoms with Crippen LogP contribution in [0.2, 0.25) is 0 Å². The molecule has 0 bridgehead atoms. The lowest BCUT2D eigenvalue weighted by atomic mass is 10.2. The Balaban J connectivity index is 1.68. The van der Waals surface area contributed by atoms with Gasteiger partial charge < -0.3 is 20.2 Å². The van der Waals surface area contributed by atoms with Crippen molar-refractivity contribution in [3.63, 3.8) is 0 Å². The zero-order valence-corrected chi connectivity index (χ0v) is 13.1. The number of nitrogens with one attached hydrogen (secondary N) is 1. The van der Waals surface area contributed by atoms with E-state index in [0.717, 1.165) is 17.3 Å². The molecule has 2 aromatic rings. The lowest BCUT2D eigenvalue weighted by Crippen LogP contribution is -2.48. The van der Waals surface area contributed by atoms with Gasteiger partial charge in [-0.3, -0.25) is 0 Å². The summed E-state index contributed by atoms with van der Waals surface area (Å²) < 4.78 is 0. The number of hydrogen-bond donors (Lipinski definition) is 2. The van der Waals surface area contributed by atoms with E-state index in [1.807, 2.05) is 30.3 Å². The molecule has 0 saturated carbocycles. The van der Waals surface area contributed by atoms with Crippen LogP contribution < -0.4 is 10.2 Å². The smallest absolute Gasteiger partial charge is 0.407 e. The van der Waals surface area contributed by atoms with Crippen LogP contribution in [-0.2, 0) is 0 Å². The van der Waals surface area contributed by atoms with Crippen LogP contribution in [0.4, 0.5) is 22.1 Å². The first-order valence-corrected chi connectivity index (χ1v) is 7.65. The molecule has 6 heteroatoms. The number of carboxylic acid groups (broad SMARTS) is 1. The molecule has 1 fully saturated rings. The molecule has 0 spiro atoms. The van der Waals surface area contributed by atoms with Crippen molar-refractivity contribution >= 4 is 23.4 Å². The van der Waals surface area contributed by atoms with Gasteiger partial charge in [-0.15, -0.1) is 0 Å². The fourth-order valence-corrected chi connectivity index (χ4v) is 2.58. The monoisotopic (exact) mass is 312 g/mol. The Hall–Kier alpha value is -2.76. The van der Waals surface area contributed by atoms with E-state index in [1.165, 1.54) is 10.5 Å². The molecular formula is C17H20N4O2. The average Bonchev–Trinajstić information content (AvgIpc) is 2.57. The van der Waals surface area contributed by atoms with Crippen molar-refractivity contribution in [3.05, 3.63) is 48.0 Å². The fraction of sp³-hybridized carbons (Fsp3) is 0.294. The van der Waals surface area contributed by atoms with Gasteiger partial charge in [-0.05, 0) is 31.2 Å². The lowest BCUT2D eigenvalue weighted by Gasteiger charge is -2.33. The summed E-state index contributed by atoms with van der Waals surface area (Å²) in [6, 6.07) is 14.0. The van der Waals surface area contributed by atoms with Crippen molar-refractivity contribution in [1.82, 2.24) is 9.88 Å². The highest BCUT2D eigenvalue weighted by atomic mass is 16.4. The van der Waals surface area contributed by atoms with E-state index in [1.54, 1.807) is 0 Å². The fourth-order valence-electron chi connectivity index (χ4n) is 2.58. The second-order valence-corrected chi connectivity index (χ2v) is 5.63. The van der Waals surface area contributed by atoms with Crippen LogP contribution in [0.5, 0.6) is 0 Å². The minimum Gasteiger partial charge on any atom is -0.465 e. The highest BCUT2D eigenvalue weighted by Crippen LogP contribution is 2.20. The number of nitrogens with zero attached hydrogens (tertiary/aromatic N) is 3. The summed E-state index contributed by atoms with van der Waals surface area (Å²) in [6.07, 6.45) is -0.854. The molecule has 1 amide bonds. The first-order valence-electron chi connectivity index (χ1n) is 7.65. The van der Waals surface area contributed by atoms with Gasteiger partial charge >= 0.3 is 6.09 Å². The van der Waals surface area contributed by atoms with Crippen molar-refractivity contribution in [3.8, 4) is 0 Å². The molecule has 1 aliphatic heterocycles. The van der Waals surface area contributed by atoms with Crippen molar-refractivity contribution in [2.75, 3.05) is 36.4 Å². The molecule has 3 rings (SSSR count). The van der Waals surface area contributed by atoms with Crippen molar-refractivity contribution in [1.29, 1.82) is 0 Å². The molecule has 2 heterocycles. The summed E-state index contributed by atoms with van der Waals surface area (Å²) in [4.78, 5) is 19.1. The van der Waals surface area contributed by atoms with Crippen LogP contribution in [0.1, 0.15) is 5.56 Å². The zero-order valence-electron chi connectivity index (χ0n) is 13.1. The number of aromatic nitrogens is 1. The van der Waals surface area contributed by atoms with Gasteiger partial charge in [-0.25, -0.2) is 9.78 Å². The summed E-state index contributed by atoms with van der Waals surface area (Å²) in [5.74, 6) is 1.65. The SMILES string of the molecule is Cc1ccc(Nc2cccc(N3CCN(C(=O)O)CC3)n2)cc1. The second kappa shape index (κ2) is 6.56. The summed E-state index contributed by atoms with van der Waals surface area (Å²) in [6.45, 7) is 4.39. The van der Waals surface area contributed by atoms with Crippen molar-refractivity contribution in [2.45, 2.75) is 6.92 Å². The number of benzene rings is 1. The Kier molecular flexibility index (Phi) is 4.32. The highest BCUT2D eigenvalue weighted by molar-refractivity contribution is 5.65.